The third-order valence-corrected chi connectivity index (χ3v) is 2.89. The summed E-state index contributed by atoms with van der Waals surface area (Å²) in [7, 11) is 2.97. The number of amides is 3. The zero-order valence-electron chi connectivity index (χ0n) is 12.5. The average molecular weight is 279 g/mol. The van der Waals surface area contributed by atoms with E-state index in [-0.39, 0.29) is 17.1 Å². The highest BCUT2D eigenvalue weighted by Crippen LogP contribution is 2.35. The number of benzene rings is 1. The second kappa shape index (κ2) is 5.81. The van der Waals surface area contributed by atoms with E-state index in [9.17, 15) is 9.59 Å². The van der Waals surface area contributed by atoms with Crippen molar-refractivity contribution in [3.05, 3.63) is 23.3 Å². The van der Waals surface area contributed by atoms with Gasteiger partial charge in [0.05, 0.1) is 18.4 Å². The molecule has 3 amide bonds. The van der Waals surface area contributed by atoms with Crippen LogP contribution in [0.2, 0.25) is 0 Å². The Morgan fingerprint density at radius 2 is 1.85 bits per heavy atom. The maximum atomic E-state index is 12.0. The molecular formula is C14H21N3O3. The third-order valence-electron chi connectivity index (χ3n) is 2.89. The third kappa shape index (κ3) is 3.40. The largest absolute Gasteiger partial charge is 0.494 e. The summed E-state index contributed by atoms with van der Waals surface area (Å²) in [6, 6.07) is 2.80. The number of hydrogen-bond donors (Lipinski definition) is 3. The van der Waals surface area contributed by atoms with Gasteiger partial charge in [-0.1, -0.05) is 20.8 Å². The molecule has 0 radical (unpaired) electrons. The van der Waals surface area contributed by atoms with Crippen LogP contribution in [0, 0.1) is 0 Å². The van der Waals surface area contributed by atoms with E-state index >= 15 is 0 Å². The van der Waals surface area contributed by atoms with Gasteiger partial charge in [0.15, 0.2) is 5.75 Å². The molecule has 0 bridgehead atoms. The summed E-state index contributed by atoms with van der Waals surface area (Å²) in [6.07, 6.45) is 0. The molecule has 4 N–H and O–H groups in total. The number of anilines is 1. The number of rotatable bonds is 3. The highest BCUT2D eigenvalue weighted by Gasteiger charge is 2.22. The van der Waals surface area contributed by atoms with E-state index in [0.29, 0.717) is 11.3 Å². The molecule has 0 aliphatic rings. The number of nitrogens with one attached hydrogen (secondary N) is 2. The fourth-order valence-electron chi connectivity index (χ4n) is 1.81. The lowest BCUT2D eigenvalue weighted by molar-refractivity contribution is 0.0960. The SMILES string of the molecule is CNC(=O)c1cc(C(C)(C)C)cc(NC(N)=O)c1OC. The van der Waals surface area contributed by atoms with Crippen molar-refractivity contribution in [3.8, 4) is 5.75 Å². The van der Waals surface area contributed by atoms with Crippen LogP contribution in [-0.4, -0.2) is 26.1 Å². The fraction of sp³-hybridized carbons (Fsp3) is 0.429. The van der Waals surface area contributed by atoms with Crippen LogP contribution in [0.1, 0.15) is 36.7 Å². The van der Waals surface area contributed by atoms with Gasteiger partial charge < -0.3 is 21.1 Å². The van der Waals surface area contributed by atoms with E-state index in [4.69, 9.17) is 10.5 Å². The summed E-state index contributed by atoms with van der Waals surface area (Å²) >= 11 is 0. The van der Waals surface area contributed by atoms with Crippen molar-refractivity contribution in [1.82, 2.24) is 5.32 Å². The maximum absolute atomic E-state index is 12.0. The van der Waals surface area contributed by atoms with Crippen molar-refractivity contribution in [3.63, 3.8) is 0 Å². The first-order valence-electron chi connectivity index (χ1n) is 6.21. The molecule has 1 rings (SSSR count). The average Bonchev–Trinajstić information content (AvgIpc) is 2.35. The molecule has 20 heavy (non-hydrogen) atoms. The van der Waals surface area contributed by atoms with Gasteiger partial charge in [0.2, 0.25) is 0 Å². The van der Waals surface area contributed by atoms with Crippen molar-refractivity contribution < 1.29 is 14.3 Å². The van der Waals surface area contributed by atoms with E-state index in [2.05, 4.69) is 10.6 Å². The first kappa shape index (κ1) is 15.8. The Morgan fingerprint density at radius 1 is 1.25 bits per heavy atom. The zero-order chi connectivity index (χ0) is 15.5. The van der Waals surface area contributed by atoms with Crippen LogP contribution in [0.25, 0.3) is 0 Å². The summed E-state index contributed by atoms with van der Waals surface area (Å²) in [5.41, 5.74) is 6.59. The Morgan fingerprint density at radius 3 is 2.25 bits per heavy atom. The molecule has 0 fully saturated rings. The number of hydrogen-bond acceptors (Lipinski definition) is 3. The Balaban J connectivity index is 3.55. The smallest absolute Gasteiger partial charge is 0.316 e. The van der Waals surface area contributed by atoms with E-state index in [1.54, 1.807) is 12.1 Å². The van der Waals surface area contributed by atoms with Gasteiger partial charge in [0, 0.05) is 7.05 Å². The summed E-state index contributed by atoms with van der Waals surface area (Å²) in [5, 5.41) is 5.04. The molecular weight excluding hydrogens is 258 g/mol. The topological polar surface area (TPSA) is 93.5 Å². The summed E-state index contributed by atoms with van der Waals surface area (Å²) in [4.78, 5) is 23.1. The van der Waals surface area contributed by atoms with E-state index in [1.165, 1.54) is 14.2 Å². The number of carbonyl (C=O) groups is 2. The lowest BCUT2D eigenvalue weighted by atomic mass is 9.85. The molecule has 0 aromatic heterocycles. The minimum atomic E-state index is -0.711. The summed E-state index contributed by atoms with van der Waals surface area (Å²) < 4.78 is 5.24. The maximum Gasteiger partial charge on any atom is 0.316 e. The lowest BCUT2D eigenvalue weighted by Gasteiger charge is -2.23. The first-order valence-corrected chi connectivity index (χ1v) is 6.21. The van der Waals surface area contributed by atoms with Crippen molar-refractivity contribution in [1.29, 1.82) is 0 Å². The van der Waals surface area contributed by atoms with Crippen molar-refractivity contribution in [2.45, 2.75) is 26.2 Å². The van der Waals surface area contributed by atoms with Gasteiger partial charge in [-0.2, -0.15) is 0 Å². The van der Waals surface area contributed by atoms with Gasteiger partial charge in [0.25, 0.3) is 5.91 Å². The van der Waals surface area contributed by atoms with Crippen molar-refractivity contribution in [2.75, 3.05) is 19.5 Å². The zero-order valence-corrected chi connectivity index (χ0v) is 12.5. The second-order valence-corrected chi connectivity index (χ2v) is 5.42. The highest BCUT2D eigenvalue weighted by molar-refractivity contribution is 6.01. The van der Waals surface area contributed by atoms with Crippen LogP contribution in [0.15, 0.2) is 12.1 Å². The number of methoxy groups -OCH3 is 1. The molecule has 110 valence electrons. The number of nitrogens with two attached hydrogens (primary N) is 1. The molecule has 6 nitrogen and oxygen atoms in total. The van der Waals surface area contributed by atoms with Crippen molar-refractivity contribution in [2.24, 2.45) is 5.73 Å². The molecule has 0 aliphatic heterocycles. The number of ether oxygens (including phenoxy) is 1. The van der Waals surface area contributed by atoms with Crippen LogP contribution in [0.3, 0.4) is 0 Å². The minimum Gasteiger partial charge on any atom is -0.494 e. The van der Waals surface area contributed by atoms with Gasteiger partial charge in [0.1, 0.15) is 0 Å². The standard InChI is InChI=1S/C14H21N3O3/c1-14(2,3)8-6-9(12(18)16-4)11(20-5)10(7-8)17-13(15)19/h6-7H,1-5H3,(H,16,18)(H3,15,17,19). The highest BCUT2D eigenvalue weighted by atomic mass is 16.5. The summed E-state index contributed by atoms with van der Waals surface area (Å²) in [6.45, 7) is 6.03. The predicted molar refractivity (Wildman–Crippen MR) is 78.3 cm³/mol. The molecule has 0 atom stereocenters. The Labute approximate surface area is 118 Å². The molecule has 0 aliphatic carbocycles. The van der Waals surface area contributed by atoms with Crippen LogP contribution in [-0.2, 0) is 5.41 Å². The molecule has 0 saturated carbocycles. The van der Waals surface area contributed by atoms with Gasteiger partial charge in [-0.05, 0) is 23.1 Å². The Kier molecular flexibility index (Phi) is 4.60. The quantitative estimate of drug-likeness (QED) is 0.788. The molecule has 6 heteroatoms. The molecule has 0 spiro atoms. The summed E-state index contributed by atoms with van der Waals surface area (Å²) in [5.74, 6) is -0.00313. The van der Waals surface area contributed by atoms with Crippen LogP contribution < -0.4 is 21.1 Å². The normalized spacial score (nSPS) is 10.8. The molecule has 1 aromatic carbocycles. The minimum absolute atomic E-state index is 0.191. The van der Waals surface area contributed by atoms with Crippen LogP contribution in [0.4, 0.5) is 10.5 Å². The van der Waals surface area contributed by atoms with Crippen LogP contribution >= 0.6 is 0 Å². The second-order valence-electron chi connectivity index (χ2n) is 5.42. The molecule has 0 saturated heterocycles. The Hall–Kier alpha value is -2.24. The predicted octanol–water partition coefficient (Wildman–Crippen LogP) is 1.84. The van der Waals surface area contributed by atoms with Gasteiger partial charge >= 0.3 is 6.03 Å². The molecule has 1 aromatic rings. The number of urea groups is 1. The van der Waals surface area contributed by atoms with Gasteiger partial charge in [-0.3, -0.25) is 4.79 Å². The lowest BCUT2D eigenvalue weighted by Crippen LogP contribution is -2.24. The van der Waals surface area contributed by atoms with Crippen LogP contribution in [0.5, 0.6) is 5.75 Å². The van der Waals surface area contributed by atoms with Gasteiger partial charge in [-0.25, -0.2) is 4.79 Å². The first-order chi connectivity index (χ1) is 9.20. The molecule has 0 unspecified atom stereocenters. The number of primary amides is 1. The molecule has 0 heterocycles. The van der Waals surface area contributed by atoms with Gasteiger partial charge in [-0.15, -0.1) is 0 Å². The monoisotopic (exact) mass is 279 g/mol. The number of carbonyl (C=O) groups excluding carboxylic acids is 2. The van der Waals surface area contributed by atoms with E-state index in [1.807, 2.05) is 20.8 Å². The van der Waals surface area contributed by atoms with E-state index < -0.39 is 6.03 Å². The van der Waals surface area contributed by atoms with E-state index in [0.717, 1.165) is 5.56 Å². The van der Waals surface area contributed by atoms with Crippen molar-refractivity contribution >= 4 is 17.6 Å². The Bertz CT molecular complexity index is 533. The fourth-order valence-corrected chi connectivity index (χ4v) is 1.81.